The molecule has 7 nitrogen and oxygen atoms in total. The van der Waals surface area contributed by atoms with Crippen LogP contribution in [0.3, 0.4) is 0 Å². The zero-order valence-electron chi connectivity index (χ0n) is 18.0. The molecule has 0 saturated heterocycles. The molecule has 32 heavy (non-hydrogen) atoms. The first-order chi connectivity index (χ1) is 15.2. The number of carbonyl (C=O) groups excluding carboxylic acids is 2. The lowest BCUT2D eigenvalue weighted by atomic mass is 9.75. The number of nitrogens with one attached hydrogen (secondary N) is 3. The van der Waals surface area contributed by atoms with Crippen molar-refractivity contribution < 1.29 is 28.4 Å². The summed E-state index contributed by atoms with van der Waals surface area (Å²) in [6, 6.07) is 10.6. The SMILES string of the molecule is CC(C)CC(NC(=O)C(Cc1ccccc1)NC(=O)NCc1ccc(F)c(F)c1)B(O)O. The van der Waals surface area contributed by atoms with Gasteiger partial charge in [0, 0.05) is 13.0 Å². The molecule has 2 rings (SSSR count). The van der Waals surface area contributed by atoms with E-state index in [-0.39, 0.29) is 18.9 Å². The molecular formula is C22H28BF2N3O4. The summed E-state index contributed by atoms with van der Waals surface area (Å²) < 4.78 is 26.4. The standard InChI is InChI=1S/C22H28BF2N3O4/c1-14(2)10-20(23(31)32)28-21(29)19(12-15-6-4-3-5-7-15)27-22(30)26-13-16-8-9-17(24)18(25)11-16/h3-9,11,14,19-20,31-32H,10,12-13H2,1-2H3,(H,28,29)(H2,26,27,30). The van der Waals surface area contributed by atoms with Crippen molar-refractivity contribution in [1.29, 1.82) is 0 Å². The molecular weight excluding hydrogens is 419 g/mol. The van der Waals surface area contributed by atoms with Gasteiger partial charge in [0.1, 0.15) is 6.04 Å². The molecule has 172 valence electrons. The van der Waals surface area contributed by atoms with Crippen LogP contribution in [0.5, 0.6) is 0 Å². The minimum atomic E-state index is -1.75. The Labute approximate surface area is 186 Å². The monoisotopic (exact) mass is 447 g/mol. The van der Waals surface area contributed by atoms with Crippen molar-refractivity contribution in [2.24, 2.45) is 5.92 Å². The fourth-order valence-electron chi connectivity index (χ4n) is 3.15. The molecule has 0 bridgehead atoms. The maximum atomic E-state index is 13.3. The van der Waals surface area contributed by atoms with E-state index in [1.807, 2.05) is 19.9 Å². The fraction of sp³-hybridized carbons (Fsp3) is 0.364. The lowest BCUT2D eigenvalue weighted by molar-refractivity contribution is -0.123. The van der Waals surface area contributed by atoms with E-state index in [0.29, 0.717) is 12.0 Å². The lowest BCUT2D eigenvalue weighted by Gasteiger charge is -2.24. The largest absolute Gasteiger partial charge is 0.475 e. The van der Waals surface area contributed by atoms with Gasteiger partial charge in [-0.25, -0.2) is 13.6 Å². The van der Waals surface area contributed by atoms with Gasteiger partial charge in [0.25, 0.3) is 0 Å². The van der Waals surface area contributed by atoms with Crippen molar-refractivity contribution in [3.63, 3.8) is 0 Å². The van der Waals surface area contributed by atoms with Crippen LogP contribution in [0.1, 0.15) is 31.4 Å². The number of hydrogen-bond donors (Lipinski definition) is 5. The molecule has 0 aromatic heterocycles. The Balaban J connectivity index is 2.07. The van der Waals surface area contributed by atoms with Crippen molar-refractivity contribution in [3.8, 4) is 0 Å². The summed E-state index contributed by atoms with van der Waals surface area (Å²) in [5, 5.41) is 26.9. The summed E-state index contributed by atoms with van der Waals surface area (Å²) in [5.41, 5.74) is 1.14. The highest BCUT2D eigenvalue weighted by Gasteiger charge is 2.30. The molecule has 0 saturated carbocycles. The lowest BCUT2D eigenvalue weighted by Crippen LogP contribution is -2.56. The summed E-state index contributed by atoms with van der Waals surface area (Å²) in [6.45, 7) is 3.69. The second-order valence-corrected chi connectivity index (χ2v) is 7.98. The zero-order chi connectivity index (χ0) is 23.7. The van der Waals surface area contributed by atoms with Gasteiger partial charge in [0.15, 0.2) is 11.6 Å². The van der Waals surface area contributed by atoms with Gasteiger partial charge in [0.05, 0.1) is 5.94 Å². The number of halogens is 2. The third kappa shape index (κ3) is 8.28. The predicted molar refractivity (Wildman–Crippen MR) is 117 cm³/mol. The average Bonchev–Trinajstić information content (AvgIpc) is 2.74. The van der Waals surface area contributed by atoms with Crippen LogP contribution in [0, 0.1) is 17.6 Å². The predicted octanol–water partition coefficient (Wildman–Crippen LogP) is 1.92. The molecule has 2 aromatic carbocycles. The first-order valence-corrected chi connectivity index (χ1v) is 10.3. The Hall–Kier alpha value is -2.98. The number of carbonyl (C=O) groups is 2. The van der Waals surface area contributed by atoms with Gasteiger partial charge in [-0.15, -0.1) is 0 Å². The summed E-state index contributed by atoms with van der Waals surface area (Å²) in [4.78, 5) is 25.3. The van der Waals surface area contributed by atoms with Crippen LogP contribution in [0.25, 0.3) is 0 Å². The van der Waals surface area contributed by atoms with E-state index in [0.717, 1.165) is 17.7 Å². The van der Waals surface area contributed by atoms with Gasteiger partial charge in [0.2, 0.25) is 5.91 Å². The average molecular weight is 447 g/mol. The van der Waals surface area contributed by atoms with Crippen LogP contribution in [0.2, 0.25) is 0 Å². The van der Waals surface area contributed by atoms with Crippen LogP contribution in [0.4, 0.5) is 13.6 Å². The minimum Gasteiger partial charge on any atom is -0.426 e. The van der Waals surface area contributed by atoms with E-state index in [2.05, 4.69) is 16.0 Å². The molecule has 0 aliphatic heterocycles. The van der Waals surface area contributed by atoms with Gasteiger partial charge < -0.3 is 26.0 Å². The molecule has 0 fully saturated rings. The number of amides is 3. The smallest absolute Gasteiger partial charge is 0.426 e. The molecule has 0 spiro atoms. The van der Waals surface area contributed by atoms with Crippen LogP contribution < -0.4 is 16.0 Å². The van der Waals surface area contributed by atoms with E-state index < -0.39 is 42.7 Å². The zero-order valence-corrected chi connectivity index (χ0v) is 18.0. The maximum absolute atomic E-state index is 13.3. The quantitative estimate of drug-likeness (QED) is 0.359. The Morgan fingerprint density at radius 2 is 1.66 bits per heavy atom. The van der Waals surface area contributed by atoms with Crippen molar-refractivity contribution >= 4 is 19.1 Å². The van der Waals surface area contributed by atoms with Gasteiger partial charge in [-0.3, -0.25) is 4.79 Å². The van der Waals surface area contributed by atoms with Crippen LogP contribution in [0.15, 0.2) is 48.5 Å². The second-order valence-electron chi connectivity index (χ2n) is 7.98. The number of rotatable bonds is 10. The molecule has 2 atom stereocenters. The summed E-state index contributed by atoms with van der Waals surface area (Å²) in [7, 11) is -1.75. The van der Waals surface area contributed by atoms with E-state index in [4.69, 9.17) is 0 Å². The first-order valence-electron chi connectivity index (χ1n) is 10.3. The number of benzene rings is 2. The molecule has 3 amide bonds. The highest BCUT2D eigenvalue weighted by Crippen LogP contribution is 2.10. The number of hydrogen-bond acceptors (Lipinski definition) is 4. The minimum absolute atomic E-state index is 0.0754. The third-order valence-electron chi connectivity index (χ3n) is 4.75. The molecule has 5 N–H and O–H groups in total. The number of urea groups is 1. The Morgan fingerprint density at radius 1 is 0.969 bits per heavy atom. The highest BCUT2D eigenvalue weighted by atomic mass is 19.2. The third-order valence-corrected chi connectivity index (χ3v) is 4.75. The van der Waals surface area contributed by atoms with Crippen molar-refractivity contribution in [1.82, 2.24) is 16.0 Å². The molecule has 2 unspecified atom stereocenters. The van der Waals surface area contributed by atoms with Crippen molar-refractivity contribution in [2.75, 3.05) is 0 Å². The Morgan fingerprint density at radius 3 is 2.25 bits per heavy atom. The molecule has 0 radical (unpaired) electrons. The fourth-order valence-corrected chi connectivity index (χ4v) is 3.15. The van der Waals surface area contributed by atoms with Crippen molar-refractivity contribution in [3.05, 3.63) is 71.3 Å². The molecule has 0 heterocycles. The summed E-state index contributed by atoms with van der Waals surface area (Å²) >= 11 is 0. The van der Waals surface area contributed by atoms with Crippen molar-refractivity contribution in [2.45, 2.75) is 45.2 Å². The molecule has 0 aliphatic carbocycles. The maximum Gasteiger partial charge on any atom is 0.475 e. The van der Waals surface area contributed by atoms with Gasteiger partial charge >= 0.3 is 13.1 Å². The van der Waals surface area contributed by atoms with Gasteiger partial charge in [-0.05, 0) is 35.6 Å². The second kappa shape index (κ2) is 12.2. The Bertz CT molecular complexity index is 900. The van der Waals surface area contributed by atoms with Crippen LogP contribution in [-0.2, 0) is 17.8 Å². The topological polar surface area (TPSA) is 111 Å². The van der Waals surface area contributed by atoms with Crippen LogP contribution in [-0.4, -0.2) is 41.1 Å². The molecule has 0 aliphatic rings. The van der Waals surface area contributed by atoms with E-state index in [1.54, 1.807) is 24.3 Å². The molecule has 2 aromatic rings. The molecule has 10 heteroatoms. The van der Waals surface area contributed by atoms with Gasteiger partial charge in [-0.2, -0.15) is 0 Å². The normalized spacial score (nSPS) is 12.7. The summed E-state index contributed by atoms with van der Waals surface area (Å²) in [6.07, 6.45) is 0.505. The van der Waals surface area contributed by atoms with E-state index in [9.17, 15) is 28.4 Å². The first kappa shape index (κ1) is 25.3. The van der Waals surface area contributed by atoms with Gasteiger partial charge in [-0.1, -0.05) is 50.2 Å². The van der Waals surface area contributed by atoms with E-state index in [1.165, 1.54) is 6.07 Å². The van der Waals surface area contributed by atoms with E-state index >= 15 is 0 Å². The summed E-state index contributed by atoms with van der Waals surface area (Å²) in [5.74, 6) is -3.38. The van der Waals surface area contributed by atoms with Crippen LogP contribution >= 0.6 is 0 Å². The highest BCUT2D eigenvalue weighted by molar-refractivity contribution is 6.43. The Kier molecular flexibility index (Phi) is 9.61.